The third kappa shape index (κ3) is 4.01. The number of fused-ring (bicyclic) bond motifs is 2. The van der Waals surface area contributed by atoms with E-state index in [0.29, 0.717) is 22.2 Å². The van der Waals surface area contributed by atoms with Gasteiger partial charge in [0.2, 0.25) is 5.95 Å². The highest BCUT2D eigenvalue weighted by molar-refractivity contribution is 6.31. The molecule has 0 unspecified atom stereocenters. The predicted molar refractivity (Wildman–Crippen MR) is 128 cm³/mol. The third-order valence-electron chi connectivity index (χ3n) is 5.58. The maximum absolute atomic E-state index is 13.3. The van der Waals surface area contributed by atoms with Crippen molar-refractivity contribution in [1.29, 1.82) is 0 Å². The molecule has 1 amide bonds. The van der Waals surface area contributed by atoms with E-state index in [1.54, 1.807) is 0 Å². The van der Waals surface area contributed by atoms with Crippen LogP contribution in [0.2, 0.25) is 5.02 Å². The van der Waals surface area contributed by atoms with Crippen LogP contribution in [0, 0.1) is 13.8 Å². The molecule has 2 N–H and O–H groups in total. The molecule has 5 rings (SSSR count). The minimum atomic E-state index is -0.142. The predicted octanol–water partition coefficient (Wildman–Crippen LogP) is 5.78. The Morgan fingerprint density at radius 3 is 2.38 bits per heavy atom. The summed E-state index contributed by atoms with van der Waals surface area (Å²) in [4.78, 5) is 26.9. The molecule has 32 heavy (non-hydrogen) atoms. The first-order chi connectivity index (χ1) is 15.5. The van der Waals surface area contributed by atoms with Crippen LogP contribution in [-0.2, 0) is 12.8 Å². The summed E-state index contributed by atoms with van der Waals surface area (Å²) in [5, 5.41) is 7.63. The first kappa shape index (κ1) is 20.4. The molecule has 0 saturated carbocycles. The van der Waals surface area contributed by atoms with Gasteiger partial charge in [-0.2, -0.15) is 0 Å². The fourth-order valence-corrected chi connectivity index (χ4v) is 4.41. The lowest BCUT2D eigenvalue weighted by molar-refractivity contribution is 0.102. The number of carbonyl (C=O) groups is 1. The minimum absolute atomic E-state index is 0.142. The molecule has 0 saturated heterocycles. The molecule has 2 aromatic carbocycles. The van der Waals surface area contributed by atoms with E-state index in [0.717, 1.165) is 58.5 Å². The number of benzene rings is 2. The zero-order valence-electron chi connectivity index (χ0n) is 17.9. The van der Waals surface area contributed by atoms with Crippen LogP contribution in [0.15, 0.2) is 48.5 Å². The second-order valence-electron chi connectivity index (χ2n) is 8.06. The van der Waals surface area contributed by atoms with Gasteiger partial charge < -0.3 is 10.6 Å². The number of carbonyl (C=O) groups excluding carboxylic acids is 1. The van der Waals surface area contributed by atoms with Gasteiger partial charge in [-0.1, -0.05) is 11.6 Å². The van der Waals surface area contributed by atoms with Crippen molar-refractivity contribution in [2.45, 2.75) is 33.1 Å². The Kier molecular flexibility index (Phi) is 5.23. The van der Waals surface area contributed by atoms with Crippen LogP contribution < -0.4 is 10.6 Å². The molecular weight excluding hydrogens is 422 g/mol. The molecule has 0 radical (unpaired) electrons. The molecule has 0 spiro atoms. The van der Waals surface area contributed by atoms with Crippen molar-refractivity contribution in [2.75, 3.05) is 10.6 Å². The molecule has 0 bridgehead atoms. The Morgan fingerprint density at radius 2 is 1.62 bits per heavy atom. The van der Waals surface area contributed by atoms with E-state index in [1.165, 1.54) is 0 Å². The van der Waals surface area contributed by atoms with Gasteiger partial charge in [-0.25, -0.2) is 9.97 Å². The quantitative estimate of drug-likeness (QED) is 0.418. The van der Waals surface area contributed by atoms with E-state index in [4.69, 9.17) is 16.6 Å². The Labute approximate surface area is 191 Å². The lowest BCUT2D eigenvalue weighted by atomic mass is 10.0. The van der Waals surface area contributed by atoms with Gasteiger partial charge in [0.05, 0.1) is 11.1 Å². The second-order valence-corrected chi connectivity index (χ2v) is 8.49. The number of hydrogen-bond donors (Lipinski definition) is 2. The fraction of sp³-hybridized carbons (Fsp3) is 0.200. The Morgan fingerprint density at radius 1 is 0.906 bits per heavy atom. The molecule has 0 fully saturated rings. The van der Waals surface area contributed by atoms with Gasteiger partial charge in [0.1, 0.15) is 0 Å². The smallest absolute Gasteiger partial charge is 0.256 e. The summed E-state index contributed by atoms with van der Waals surface area (Å²) in [6.45, 7) is 3.87. The lowest BCUT2D eigenvalue weighted by Gasteiger charge is -2.13. The van der Waals surface area contributed by atoms with Gasteiger partial charge in [-0.15, -0.1) is 0 Å². The monoisotopic (exact) mass is 443 g/mol. The maximum Gasteiger partial charge on any atom is 0.256 e. The van der Waals surface area contributed by atoms with Gasteiger partial charge >= 0.3 is 0 Å². The Bertz CT molecular complexity index is 1330. The number of aryl methyl sites for hydroxylation is 3. The minimum Gasteiger partial charge on any atom is -0.324 e. The number of anilines is 3. The maximum atomic E-state index is 13.3. The summed E-state index contributed by atoms with van der Waals surface area (Å²) < 4.78 is 0. The number of amides is 1. The number of rotatable bonds is 4. The number of nitrogens with one attached hydrogen (secondary N) is 2. The molecule has 7 heteroatoms. The summed E-state index contributed by atoms with van der Waals surface area (Å²) in [6, 6.07) is 14.9. The highest BCUT2D eigenvalue weighted by Gasteiger charge is 2.24. The van der Waals surface area contributed by atoms with Crippen molar-refractivity contribution in [3.8, 4) is 0 Å². The van der Waals surface area contributed by atoms with Gasteiger partial charge in [-0.3, -0.25) is 9.78 Å². The van der Waals surface area contributed by atoms with Crippen molar-refractivity contribution < 1.29 is 4.79 Å². The number of halogens is 1. The molecule has 1 aliphatic rings. The summed E-state index contributed by atoms with van der Waals surface area (Å²) in [7, 11) is 0. The van der Waals surface area contributed by atoms with Crippen LogP contribution >= 0.6 is 11.6 Å². The molecule has 6 nitrogen and oxygen atoms in total. The Balaban J connectivity index is 1.41. The van der Waals surface area contributed by atoms with Crippen LogP contribution in [0.25, 0.3) is 10.9 Å². The topological polar surface area (TPSA) is 79.8 Å². The Hall–Kier alpha value is -3.51. The second kappa shape index (κ2) is 8.20. The number of aromatic nitrogens is 3. The van der Waals surface area contributed by atoms with E-state index < -0.39 is 0 Å². The highest BCUT2D eigenvalue weighted by Crippen LogP contribution is 2.32. The summed E-state index contributed by atoms with van der Waals surface area (Å²) >= 11 is 6.23. The highest BCUT2D eigenvalue weighted by atomic mass is 35.5. The first-order valence-electron chi connectivity index (χ1n) is 10.6. The average Bonchev–Trinajstić information content (AvgIpc) is 3.20. The standard InChI is InChI=1S/C25H22ClN5O/c1-14-12-15(2)28-25(27-14)30-18-9-7-17(8-10-18)29-24(32)23-19-4-3-5-21(19)31-22-11-6-16(26)13-20(22)23/h6-13H,3-5H2,1-2H3,(H,29,32)(H,27,28,30). The summed E-state index contributed by atoms with van der Waals surface area (Å²) in [6.07, 6.45) is 2.76. The molecular formula is C25H22ClN5O. The van der Waals surface area contributed by atoms with Crippen LogP contribution in [0.1, 0.15) is 39.4 Å². The van der Waals surface area contributed by atoms with Crippen LogP contribution in [0.5, 0.6) is 0 Å². The molecule has 0 atom stereocenters. The zero-order valence-corrected chi connectivity index (χ0v) is 18.6. The summed E-state index contributed by atoms with van der Waals surface area (Å²) in [5.41, 5.74) is 6.88. The fourth-order valence-electron chi connectivity index (χ4n) is 4.24. The van der Waals surface area contributed by atoms with E-state index in [-0.39, 0.29) is 5.91 Å². The van der Waals surface area contributed by atoms with E-state index in [1.807, 2.05) is 62.4 Å². The van der Waals surface area contributed by atoms with Crippen LogP contribution in [-0.4, -0.2) is 20.9 Å². The van der Waals surface area contributed by atoms with Gasteiger partial charge in [0.25, 0.3) is 5.91 Å². The molecule has 4 aromatic rings. The number of hydrogen-bond acceptors (Lipinski definition) is 5. The molecule has 0 aliphatic heterocycles. The molecule has 1 aliphatic carbocycles. The SMILES string of the molecule is Cc1cc(C)nc(Nc2ccc(NC(=O)c3c4c(nc5ccc(Cl)cc35)CCC4)cc2)n1. The normalized spacial score (nSPS) is 12.6. The zero-order chi connectivity index (χ0) is 22.2. The van der Waals surface area contributed by atoms with E-state index >= 15 is 0 Å². The van der Waals surface area contributed by atoms with Crippen LogP contribution in [0.4, 0.5) is 17.3 Å². The van der Waals surface area contributed by atoms with Crippen LogP contribution in [0.3, 0.4) is 0 Å². The van der Waals surface area contributed by atoms with E-state index in [9.17, 15) is 4.79 Å². The molecule has 160 valence electrons. The summed E-state index contributed by atoms with van der Waals surface area (Å²) in [5.74, 6) is 0.408. The van der Waals surface area contributed by atoms with Crippen molar-refractivity contribution in [3.63, 3.8) is 0 Å². The first-order valence-corrected chi connectivity index (χ1v) is 11.0. The van der Waals surface area contributed by atoms with Crippen molar-refractivity contribution in [2.24, 2.45) is 0 Å². The largest absolute Gasteiger partial charge is 0.324 e. The molecule has 2 aromatic heterocycles. The lowest BCUT2D eigenvalue weighted by Crippen LogP contribution is -2.15. The molecule has 2 heterocycles. The number of pyridine rings is 1. The number of nitrogens with zero attached hydrogens (tertiary/aromatic N) is 3. The van der Waals surface area contributed by atoms with Crippen molar-refractivity contribution >= 4 is 45.7 Å². The van der Waals surface area contributed by atoms with Crippen molar-refractivity contribution in [1.82, 2.24) is 15.0 Å². The van der Waals surface area contributed by atoms with Gasteiger partial charge in [-0.05, 0) is 87.2 Å². The third-order valence-corrected chi connectivity index (χ3v) is 5.82. The van der Waals surface area contributed by atoms with Crippen molar-refractivity contribution in [3.05, 3.63) is 81.8 Å². The van der Waals surface area contributed by atoms with Gasteiger partial charge in [0, 0.05) is 38.9 Å². The van der Waals surface area contributed by atoms with Gasteiger partial charge in [0.15, 0.2) is 0 Å². The van der Waals surface area contributed by atoms with E-state index in [2.05, 4.69) is 20.6 Å². The average molecular weight is 444 g/mol.